The topological polar surface area (TPSA) is 108 Å². The van der Waals surface area contributed by atoms with Gasteiger partial charge in [-0.1, -0.05) is 6.07 Å². The average molecular weight is 329 g/mol. The number of rotatable bonds is 3. The molecule has 0 saturated carbocycles. The fraction of sp³-hybridized carbons (Fsp3) is 0.267. The summed E-state index contributed by atoms with van der Waals surface area (Å²) in [6, 6.07) is 5.53. The molecule has 1 aromatic heterocycles. The van der Waals surface area contributed by atoms with E-state index >= 15 is 0 Å². The van der Waals surface area contributed by atoms with Crippen molar-refractivity contribution in [1.29, 1.82) is 0 Å². The zero-order valence-electron chi connectivity index (χ0n) is 13.3. The van der Waals surface area contributed by atoms with Crippen LogP contribution >= 0.6 is 0 Å². The highest BCUT2D eigenvalue weighted by atomic mass is 16.7. The predicted molar refractivity (Wildman–Crippen MR) is 81.9 cm³/mol. The number of benzene rings is 1. The van der Waals surface area contributed by atoms with Crippen LogP contribution in [-0.2, 0) is 19.1 Å². The number of hydrogen-bond acceptors (Lipinski definition) is 8. The lowest BCUT2D eigenvalue weighted by molar-refractivity contribution is -0.222. The van der Waals surface area contributed by atoms with Crippen LogP contribution in [0.25, 0.3) is 5.69 Å². The number of carbonyl (C=O) groups excluding carboxylic acids is 2. The molecule has 0 radical (unpaired) electrons. The Labute approximate surface area is 137 Å². The van der Waals surface area contributed by atoms with E-state index < -0.39 is 17.7 Å². The number of anilines is 1. The van der Waals surface area contributed by atoms with Crippen LogP contribution in [0.3, 0.4) is 0 Å². The van der Waals surface area contributed by atoms with Crippen molar-refractivity contribution < 1.29 is 19.1 Å². The van der Waals surface area contributed by atoms with Gasteiger partial charge in [-0.15, -0.1) is 5.10 Å². The first kappa shape index (κ1) is 15.7. The summed E-state index contributed by atoms with van der Waals surface area (Å²) in [4.78, 5) is 23.9. The monoisotopic (exact) mass is 329 g/mol. The van der Waals surface area contributed by atoms with Crippen molar-refractivity contribution in [1.82, 2.24) is 20.2 Å². The van der Waals surface area contributed by atoms with Crippen molar-refractivity contribution in [2.24, 2.45) is 0 Å². The van der Waals surface area contributed by atoms with Gasteiger partial charge in [0.15, 0.2) is 5.57 Å². The Bertz CT molecular complexity index is 804. The van der Waals surface area contributed by atoms with Crippen LogP contribution in [0.15, 0.2) is 36.3 Å². The molecule has 9 heteroatoms. The van der Waals surface area contributed by atoms with Gasteiger partial charge in [-0.2, -0.15) is 4.68 Å². The minimum Gasteiger partial charge on any atom is -0.419 e. The van der Waals surface area contributed by atoms with Crippen LogP contribution in [0, 0.1) is 6.92 Å². The minimum absolute atomic E-state index is 0.224. The van der Waals surface area contributed by atoms with Gasteiger partial charge >= 0.3 is 11.9 Å². The quantitative estimate of drug-likeness (QED) is 0.507. The van der Waals surface area contributed by atoms with Crippen LogP contribution in [0.4, 0.5) is 5.69 Å². The summed E-state index contributed by atoms with van der Waals surface area (Å²) in [7, 11) is 0. The Morgan fingerprint density at radius 1 is 1.21 bits per heavy atom. The smallest absolute Gasteiger partial charge is 0.350 e. The Morgan fingerprint density at radius 2 is 1.92 bits per heavy atom. The number of hydrogen-bond donors (Lipinski definition) is 1. The van der Waals surface area contributed by atoms with Crippen LogP contribution in [0.2, 0.25) is 0 Å². The first-order valence-electron chi connectivity index (χ1n) is 7.13. The molecule has 2 heterocycles. The van der Waals surface area contributed by atoms with E-state index in [9.17, 15) is 9.59 Å². The Kier molecular flexibility index (Phi) is 3.76. The van der Waals surface area contributed by atoms with E-state index in [2.05, 4.69) is 20.8 Å². The molecule has 0 atom stereocenters. The number of ether oxygens (including phenoxy) is 2. The van der Waals surface area contributed by atoms with Gasteiger partial charge in [0, 0.05) is 20.0 Å². The normalized spacial score (nSPS) is 16.4. The number of nitrogens with zero attached hydrogens (tertiary/aromatic N) is 4. The van der Waals surface area contributed by atoms with E-state index in [-0.39, 0.29) is 5.57 Å². The number of nitrogens with one attached hydrogen (secondary N) is 1. The van der Waals surface area contributed by atoms with Gasteiger partial charge in [-0.05, 0) is 35.0 Å². The molecular formula is C15H15N5O4. The molecule has 24 heavy (non-hydrogen) atoms. The first-order chi connectivity index (χ1) is 11.4. The molecule has 1 aromatic carbocycles. The lowest BCUT2D eigenvalue weighted by Crippen LogP contribution is -2.42. The summed E-state index contributed by atoms with van der Waals surface area (Å²) >= 11 is 0. The highest BCUT2D eigenvalue weighted by molar-refractivity contribution is 6.15. The maximum absolute atomic E-state index is 12.0. The summed E-state index contributed by atoms with van der Waals surface area (Å²) < 4.78 is 11.5. The molecule has 1 fully saturated rings. The van der Waals surface area contributed by atoms with Gasteiger partial charge in [-0.25, -0.2) is 9.59 Å². The third-order valence-corrected chi connectivity index (χ3v) is 3.24. The second-order valence-electron chi connectivity index (χ2n) is 5.66. The molecule has 0 amide bonds. The minimum atomic E-state index is -1.27. The summed E-state index contributed by atoms with van der Waals surface area (Å²) in [5.41, 5.74) is 2.02. The van der Waals surface area contributed by atoms with E-state index in [0.29, 0.717) is 11.4 Å². The Balaban J connectivity index is 1.91. The largest absolute Gasteiger partial charge is 0.419 e. The molecule has 2 aromatic rings. The zero-order chi connectivity index (χ0) is 17.3. The average Bonchev–Trinajstić information content (AvgIpc) is 2.99. The molecule has 1 aliphatic heterocycles. The van der Waals surface area contributed by atoms with E-state index in [0.717, 1.165) is 5.56 Å². The van der Waals surface area contributed by atoms with Gasteiger partial charge in [0.25, 0.3) is 5.79 Å². The molecule has 9 nitrogen and oxygen atoms in total. The van der Waals surface area contributed by atoms with Crippen molar-refractivity contribution in [2.45, 2.75) is 26.6 Å². The number of cyclic esters (lactones) is 2. The van der Waals surface area contributed by atoms with Gasteiger partial charge in [-0.3, -0.25) is 0 Å². The van der Waals surface area contributed by atoms with E-state index in [1.165, 1.54) is 31.1 Å². The number of tetrazole rings is 1. The highest BCUT2D eigenvalue weighted by Gasteiger charge is 2.38. The molecule has 0 spiro atoms. The van der Waals surface area contributed by atoms with Crippen LogP contribution < -0.4 is 5.32 Å². The van der Waals surface area contributed by atoms with Crippen LogP contribution in [-0.4, -0.2) is 37.9 Å². The molecule has 0 unspecified atom stereocenters. The van der Waals surface area contributed by atoms with Crippen LogP contribution in [0.5, 0.6) is 0 Å². The number of carbonyl (C=O) groups is 2. The molecule has 1 aliphatic rings. The zero-order valence-corrected chi connectivity index (χ0v) is 13.3. The molecule has 1 N–H and O–H groups in total. The fourth-order valence-electron chi connectivity index (χ4n) is 2.17. The lowest BCUT2D eigenvalue weighted by atomic mass is 10.2. The second kappa shape index (κ2) is 5.76. The van der Waals surface area contributed by atoms with Crippen molar-refractivity contribution in [2.75, 3.05) is 5.32 Å². The summed E-state index contributed by atoms with van der Waals surface area (Å²) in [5.74, 6) is -2.77. The SMILES string of the molecule is Cc1ccc(-n2cnnn2)c(NC=C2C(=O)OC(C)(C)OC2=O)c1. The number of aromatic nitrogens is 4. The molecule has 3 rings (SSSR count). The molecule has 0 bridgehead atoms. The third kappa shape index (κ3) is 3.09. The van der Waals surface area contributed by atoms with Crippen molar-refractivity contribution >= 4 is 17.6 Å². The van der Waals surface area contributed by atoms with E-state index in [4.69, 9.17) is 9.47 Å². The summed E-state index contributed by atoms with van der Waals surface area (Å²) in [5, 5.41) is 13.9. The van der Waals surface area contributed by atoms with E-state index in [1.807, 2.05) is 25.1 Å². The van der Waals surface area contributed by atoms with Crippen molar-refractivity contribution in [3.63, 3.8) is 0 Å². The maximum Gasteiger partial charge on any atom is 0.350 e. The number of aryl methyl sites for hydroxylation is 1. The summed E-state index contributed by atoms with van der Waals surface area (Å²) in [6.45, 7) is 4.89. The first-order valence-corrected chi connectivity index (χ1v) is 7.13. The fourth-order valence-corrected chi connectivity index (χ4v) is 2.17. The second-order valence-corrected chi connectivity index (χ2v) is 5.66. The predicted octanol–water partition coefficient (Wildman–Crippen LogP) is 1.10. The summed E-state index contributed by atoms with van der Waals surface area (Å²) in [6.07, 6.45) is 2.69. The number of esters is 2. The standard InChI is InChI=1S/C15H15N5O4/c1-9-4-5-12(20-8-17-18-19-20)11(6-9)16-7-10-13(21)23-15(2,3)24-14(10)22/h4-8,16H,1-3H3. The van der Waals surface area contributed by atoms with Gasteiger partial charge < -0.3 is 14.8 Å². The maximum atomic E-state index is 12.0. The highest BCUT2D eigenvalue weighted by Crippen LogP contribution is 2.24. The molecule has 0 aliphatic carbocycles. The Morgan fingerprint density at radius 3 is 2.54 bits per heavy atom. The van der Waals surface area contributed by atoms with Crippen molar-refractivity contribution in [3.8, 4) is 5.69 Å². The van der Waals surface area contributed by atoms with Gasteiger partial charge in [0.05, 0.1) is 11.4 Å². The third-order valence-electron chi connectivity index (χ3n) is 3.24. The molecule has 124 valence electrons. The molecule has 1 saturated heterocycles. The van der Waals surface area contributed by atoms with E-state index in [1.54, 1.807) is 0 Å². The van der Waals surface area contributed by atoms with Gasteiger partial charge in [0.2, 0.25) is 0 Å². The molecular weight excluding hydrogens is 314 g/mol. The van der Waals surface area contributed by atoms with Crippen molar-refractivity contribution in [3.05, 3.63) is 41.9 Å². The van der Waals surface area contributed by atoms with Gasteiger partial charge in [0.1, 0.15) is 6.33 Å². The van der Waals surface area contributed by atoms with Crippen LogP contribution in [0.1, 0.15) is 19.4 Å². The lowest BCUT2D eigenvalue weighted by Gasteiger charge is -2.29. The Hall–Kier alpha value is -3.23.